The Morgan fingerprint density at radius 1 is 1.59 bits per heavy atom. The van der Waals surface area contributed by atoms with Gasteiger partial charge >= 0.3 is 0 Å². The van der Waals surface area contributed by atoms with Crippen molar-refractivity contribution < 1.29 is 9.21 Å². The normalized spacial score (nSPS) is 21.5. The molecular formula is C16H21N3O2S. The van der Waals surface area contributed by atoms with Crippen LogP contribution in [0.1, 0.15) is 24.8 Å². The van der Waals surface area contributed by atoms with Crippen LogP contribution in [0, 0.1) is 12.8 Å². The van der Waals surface area contributed by atoms with Crippen molar-refractivity contribution in [3.05, 3.63) is 29.0 Å². The molecule has 22 heavy (non-hydrogen) atoms. The van der Waals surface area contributed by atoms with E-state index in [1.807, 2.05) is 29.3 Å². The first-order valence-corrected chi connectivity index (χ1v) is 8.46. The molecule has 0 bridgehead atoms. The van der Waals surface area contributed by atoms with E-state index in [2.05, 4.69) is 11.9 Å². The van der Waals surface area contributed by atoms with E-state index in [0.29, 0.717) is 24.8 Å². The lowest BCUT2D eigenvalue weighted by Gasteiger charge is -2.21. The summed E-state index contributed by atoms with van der Waals surface area (Å²) in [5.74, 6) is 1.85. The van der Waals surface area contributed by atoms with E-state index in [9.17, 15) is 4.79 Å². The third-order valence-electron chi connectivity index (χ3n) is 4.26. The van der Waals surface area contributed by atoms with E-state index < -0.39 is 0 Å². The smallest absolute Gasteiger partial charge is 0.236 e. The van der Waals surface area contributed by atoms with Gasteiger partial charge in [-0.05, 0) is 44.2 Å². The van der Waals surface area contributed by atoms with E-state index in [0.717, 1.165) is 29.3 Å². The number of amides is 1. The highest BCUT2D eigenvalue weighted by atomic mass is 32.1. The number of oxazole rings is 1. The molecule has 118 valence electrons. The molecule has 2 aromatic heterocycles. The molecule has 1 amide bonds. The minimum Gasteiger partial charge on any atom is -0.440 e. The fraction of sp³-hybridized carbons (Fsp3) is 0.500. The number of hydrogen-bond donors (Lipinski definition) is 1. The number of carbonyl (C=O) groups is 1. The van der Waals surface area contributed by atoms with Crippen LogP contribution in [0.2, 0.25) is 0 Å². The lowest BCUT2D eigenvalue weighted by molar-refractivity contribution is -0.131. The molecule has 0 radical (unpaired) electrons. The highest BCUT2D eigenvalue weighted by molar-refractivity contribution is 7.13. The number of carbonyl (C=O) groups excluding carboxylic acids is 1. The van der Waals surface area contributed by atoms with Gasteiger partial charge in [-0.15, -0.1) is 11.3 Å². The molecule has 1 aliphatic heterocycles. The molecule has 6 heteroatoms. The van der Waals surface area contributed by atoms with Crippen LogP contribution in [0.25, 0.3) is 10.8 Å². The zero-order valence-electron chi connectivity index (χ0n) is 12.9. The first-order chi connectivity index (χ1) is 10.6. The van der Waals surface area contributed by atoms with Crippen molar-refractivity contribution in [2.75, 3.05) is 13.1 Å². The van der Waals surface area contributed by atoms with Gasteiger partial charge in [-0.2, -0.15) is 0 Å². The van der Waals surface area contributed by atoms with Crippen molar-refractivity contribution in [3.63, 3.8) is 0 Å². The molecule has 2 aromatic rings. The third kappa shape index (κ3) is 2.94. The van der Waals surface area contributed by atoms with Crippen molar-refractivity contribution in [3.8, 4) is 10.8 Å². The SMILES string of the molecule is Cc1oc(-c2cccs2)nc1CC(=O)N1CC(CN)CC1C. The molecule has 0 aromatic carbocycles. The van der Waals surface area contributed by atoms with Crippen molar-refractivity contribution in [2.24, 2.45) is 11.7 Å². The molecule has 3 rings (SSSR count). The summed E-state index contributed by atoms with van der Waals surface area (Å²) in [6, 6.07) is 4.18. The van der Waals surface area contributed by atoms with Gasteiger partial charge in [-0.3, -0.25) is 4.79 Å². The summed E-state index contributed by atoms with van der Waals surface area (Å²) >= 11 is 1.58. The Labute approximate surface area is 134 Å². The van der Waals surface area contributed by atoms with E-state index in [-0.39, 0.29) is 11.9 Å². The summed E-state index contributed by atoms with van der Waals surface area (Å²) < 4.78 is 5.70. The summed E-state index contributed by atoms with van der Waals surface area (Å²) in [5, 5.41) is 1.98. The molecule has 2 atom stereocenters. The van der Waals surface area contributed by atoms with E-state index in [1.54, 1.807) is 11.3 Å². The van der Waals surface area contributed by atoms with Gasteiger partial charge in [-0.1, -0.05) is 6.07 Å². The Morgan fingerprint density at radius 3 is 3.05 bits per heavy atom. The zero-order valence-corrected chi connectivity index (χ0v) is 13.7. The standard InChI is InChI=1S/C16H21N3O2S/c1-10-6-12(8-17)9-19(10)15(20)7-13-11(2)21-16(18-13)14-4-3-5-22-14/h3-5,10,12H,6-9,17H2,1-2H3. The molecule has 1 fully saturated rings. The fourth-order valence-corrected chi connectivity index (χ4v) is 3.65. The molecular weight excluding hydrogens is 298 g/mol. The molecule has 2 N–H and O–H groups in total. The number of aryl methyl sites for hydroxylation is 1. The Hall–Kier alpha value is -1.66. The first kappa shape index (κ1) is 15.2. The molecule has 0 saturated carbocycles. The van der Waals surface area contributed by atoms with Crippen LogP contribution >= 0.6 is 11.3 Å². The van der Waals surface area contributed by atoms with Crippen molar-refractivity contribution >= 4 is 17.2 Å². The summed E-state index contributed by atoms with van der Waals surface area (Å²) in [6.07, 6.45) is 1.28. The zero-order chi connectivity index (χ0) is 15.7. The Morgan fingerprint density at radius 2 is 2.41 bits per heavy atom. The predicted octanol–water partition coefficient (Wildman–Crippen LogP) is 2.45. The average Bonchev–Trinajstić information content (AvgIpc) is 3.19. The number of hydrogen-bond acceptors (Lipinski definition) is 5. The van der Waals surface area contributed by atoms with Crippen molar-refractivity contribution in [1.82, 2.24) is 9.88 Å². The minimum atomic E-state index is 0.109. The highest BCUT2D eigenvalue weighted by Crippen LogP contribution is 2.27. The number of likely N-dealkylation sites (tertiary alicyclic amines) is 1. The monoisotopic (exact) mass is 319 g/mol. The van der Waals surface area contributed by atoms with Crippen LogP contribution in [-0.2, 0) is 11.2 Å². The minimum absolute atomic E-state index is 0.109. The van der Waals surface area contributed by atoms with Crippen molar-refractivity contribution in [2.45, 2.75) is 32.7 Å². The number of nitrogens with two attached hydrogens (primary N) is 1. The molecule has 1 saturated heterocycles. The molecule has 2 unspecified atom stereocenters. The van der Waals surface area contributed by atoms with Gasteiger partial charge in [0.25, 0.3) is 0 Å². The molecule has 3 heterocycles. The molecule has 0 aliphatic carbocycles. The maximum atomic E-state index is 12.5. The number of nitrogens with zero attached hydrogens (tertiary/aromatic N) is 2. The quantitative estimate of drug-likeness (QED) is 0.939. The maximum absolute atomic E-state index is 12.5. The second kappa shape index (κ2) is 6.22. The lowest BCUT2D eigenvalue weighted by atomic mass is 10.1. The fourth-order valence-electron chi connectivity index (χ4n) is 3.00. The third-order valence-corrected chi connectivity index (χ3v) is 5.12. The van der Waals surface area contributed by atoms with Crippen LogP contribution in [0.4, 0.5) is 0 Å². The number of thiophene rings is 1. The Balaban J connectivity index is 1.72. The highest BCUT2D eigenvalue weighted by Gasteiger charge is 2.32. The van der Waals surface area contributed by atoms with Crippen LogP contribution in [0.5, 0.6) is 0 Å². The van der Waals surface area contributed by atoms with Crippen LogP contribution in [0.15, 0.2) is 21.9 Å². The summed E-state index contributed by atoms with van der Waals surface area (Å²) in [4.78, 5) is 20.0. The number of rotatable bonds is 4. The first-order valence-electron chi connectivity index (χ1n) is 7.58. The Bertz CT molecular complexity index is 650. The van der Waals surface area contributed by atoms with Gasteiger partial charge in [0.2, 0.25) is 11.8 Å². The summed E-state index contributed by atoms with van der Waals surface area (Å²) in [6.45, 7) is 5.34. The van der Waals surface area contributed by atoms with Crippen LogP contribution in [0.3, 0.4) is 0 Å². The number of aromatic nitrogens is 1. The lowest BCUT2D eigenvalue weighted by Crippen LogP contribution is -2.35. The average molecular weight is 319 g/mol. The second-order valence-electron chi connectivity index (χ2n) is 5.91. The molecule has 1 aliphatic rings. The largest absolute Gasteiger partial charge is 0.440 e. The van der Waals surface area contributed by atoms with Crippen LogP contribution < -0.4 is 5.73 Å². The maximum Gasteiger partial charge on any atom is 0.236 e. The molecule has 5 nitrogen and oxygen atoms in total. The van der Waals surface area contributed by atoms with E-state index >= 15 is 0 Å². The topological polar surface area (TPSA) is 72.4 Å². The predicted molar refractivity (Wildman–Crippen MR) is 86.6 cm³/mol. The molecule has 0 spiro atoms. The van der Waals surface area contributed by atoms with Crippen LogP contribution in [-0.4, -0.2) is 34.9 Å². The van der Waals surface area contributed by atoms with E-state index in [4.69, 9.17) is 10.2 Å². The van der Waals surface area contributed by atoms with Gasteiger partial charge in [0.05, 0.1) is 17.0 Å². The van der Waals surface area contributed by atoms with E-state index in [1.165, 1.54) is 0 Å². The Kier molecular flexibility index (Phi) is 4.31. The van der Waals surface area contributed by atoms with Gasteiger partial charge in [-0.25, -0.2) is 4.98 Å². The summed E-state index contributed by atoms with van der Waals surface area (Å²) in [7, 11) is 0. The van der Waals surface area contributed by atoms with Crippen molar-refractivity contribution in [1.29, 1.82) is 0 Å². The van der Waals surface area contributed by atoms with Gasteiger partial charge < -0.3 is 15.1 Å². The van der Waals surface area contributed by atoms with Gasteiger partial charge in [0.15, 0.2) is 0 Å². The second-order valence-corrected chi connectivity index (χ2v) is 6.86. The summed E-state index contributed by atoms with van der Waals surface area (Å²) in [5.41, 5.74) is 6.46. The van der Waals surface area contributed by atoms with Gasteiger partial charge in [0.1, 0.15) is 5.76 Å². The van der Waals surface area contributed by atoms with Gasteiger partial charge in [0, 0.05) is 12.6 Å².